The lowest BCUT2D eigenvalue weighted by molar-refractivity contribution is -0.0970. The van der Waals surface area contributed by atoms with Gasteiger partial charge in [-0.2, -0.15) is 0 Å². The maximum atomic E-state index is 12.8. The van der Waals surface area contributed by atoms with Gasteiger partial charge in [0, 0.05) is 0 Å². The zero-order valence-corrected chi connectivity index (χ0v) is 6.73. The molecule has 0 aromatic heterocycles. The van der Waals surface area contributed by atoms with Crippen molar-refractivity contribution in [3.8, 4) is 0 Å². The number of alkyl halides is 2. The molecule has 1 aromatic rings. The summed E-state index contributed by atoms with van der Waals surface area (Å²) < 4.78 is 38.1. The Kier molecular flexibility index (Phi) is 1.80. The Morgan fingerprint density at radius 2 is 1.85 bits per heavy atom. The van der Waals surface area contributed by atoms with Gasteiger partial charge in [0.25, 0.3) is 5.92 Å². The molecule has 1 nitrogen and oxygen atoms in total. The quantitative estimate of drug-likeness (QED) is 0.710. The molecule has 4 heteroatoms. The predicted octanol–water partition coefficient (Wildman–Crippen LogP) is 2.11. The summed E-state index contributed by atoms with van der Waals surface area (Å²) in [5, 5.41) is 2.60. The lowest BCUT2D eigenvalue weighted by atomic mass is 9.94. The van der Waals surface area contributed by atoms with Crippen LogP contribution < -0.4 is 5.32 Å². The fourth-order valence-corrected chi connectivity index (χ4v) is 1.38. The molecule has 1 unspecified atom stereocenters. The monoisotopic (exact) mass is 187 g/mol. The molecule has 1 fully saturated rings. The van der Waals surface area contributed by atoms with Crippen LogP contribution in [0.4, 0.5) is 13.2 Å². The summed E-state index contributed by atoms with van der Waals surface area (Å²) >= 11 is 0. The Labute approximate surface area is 73.6 Å². The fraction of sp³-hybridized carbons (Fsp3) is 0.333. The molecule has 1 aliphatic rings. The van der Waals surface area contributed by atoms with Crippen molar-refractivity contribution in [2.45, 2.75) is 12.0 Å². The second-order valence-electron chi connectivity index (χ2n) is 3.13. The summed E-state index contributed by atoms with van der Waals surface area (Å²) in [6.07, 6.45) is 0. The van der Waals surface area contributed by atoms with Gasteiger partial charge in [0.2, 0.25) is 0 Å². The van der Waals surface area contributed by atoms with Crippen molar-refractivity contribution in [1.82, 2.24) is 5.32 Å². The van der Waals surface area contributed by atoms with E-state index >= 15 is 0 Å². The standard InChI is InChI=1S/C9H8F3N/c10-7-3-1-6(2-4-7)8-9(11,12)5-13-8/h1-4,8,13H,5H2. The number of halogens is 3. The van der Waals surface area contributed by atoms with Crippen molar-refractivity contribution in [3.05, 3.63) is 35.6 Å². The van der Waals surface area contributed by atoms with Gasteiger partial charge in [-0.1, -0.05) is 12.1 Å². The van der Waals surface area contributed by atoms with E-state index < -0.39 is 17.8 Å². The molecule has 0 saturated carbocycles. The van der Waals surface area contributed by atoms with E-state index in [4.69, 9.17) is 0 Å². The number of hydrogen-bond acceptors (Lipinski definition) is 1. The lowest BCUT2D eigenvalue weighted by Crippen LogP contribution is -2.55. The molecule has 0 radical (unpaired) electrons. The summed E-state index contributed by atoms with van der Waals surface area (Å²) in [6.45, 7) is -0.297. The Morgan fingerprint density at radius 3 is 2.23 bits per heavy atom. The summed E-state index contributed by atoms with van der Waals surface area (Å²) in [4.78, 5) is 0. The number of hydrogen-bond donors (Lipinski definition) is 1. The minimum Gasteiger partial charge on any atom is -0.299 e. The molecule has 0 aliphatic carbocycles. The van der Waals surface area contributed by atoms with E-state index in [2.05, 4.69) is 5.32 Å². The maximum absolute atomic E-state index is 12.8. The molecule has 2 rings (SSSR count). The maximum Gasteiger partial charge on any atom is 0.279 e. The largest absolute Gasteiger partial charge is 0.299 e. The minimum atomic E-state index is -2.70. The Balaban J connectivity index is 2.22. The normalized spacial score (nSPS) is 25.3. The van der Waals surface area contributed by atoms with Crippen LogP contribution in [0.15, 0.2) is 24.3 Å². The molecule has 1 aliphatic heterocycles. The number of nitrogens with one attached hydrogen (secondary N) is 1. The summed E-state index contributed by atoms with van der Waals surface area (Å²) in [5.41, 5.74) is 0.428. The van der Waals surface area contributed by atoms with Gasteiger partial charge in [0.1, 0.15) is 5.82 Å². The third-order valence-corrected chi connectivity index (χ3v) is 2.17. The van der Waals surface area contributed by atoms with Crippen LogP contribution in [0.1, 0.15) is 11.6 Å². The molecule has 1 heterocycles. The minimum absolute atomic E-state index is 0.297. The first kappa shape index (κ1) is 8.56. The van der Waals surface area contributed by atoms with Gasteiger partial charge in [-0.15, -0.1) is 0 Å². The zero-order valence-electron chi connectivity index (χ0n) is 6.73. The van der Waals surface area contributed by atoms with Crippen molar-refractivity contribution in [1.29, 1.82) is 0 Å². The molecule has 1 atom stereocenters. The molecule has 0 bridgehead atoms. The van der Waals surface area contributed by atoms with Crippen molar-refractivity contribution < 1.29 is 13.2 Å². The molecule has 1 aromatic carbocycles. The predicted molar refractivity (Wildman–Crippen MR) is 42.1 cm³/mol. The summed E-state index contributed by atoms with van der Waals surface area (Å²) in [7, 11) is 0. The van der Waals surface area contributed by atoms with Crippen LogP contribution in [0, 0.1) is 5.82 Å². The molecule has 1 N–H and O–H groups in total. The van der Waals surface area contributed by atoms with Gasteiger partial charge in [0.15, 0.2) is 0 Å². The van der Waals surface area contributed by atoms with E-state index in [-0.39, 0.29) is 6.54 Å². The van der Waals surface area contributed by atoms with Crippen molar-refractivity contribution >= 4 is 0 Å². The van der Waals surface area contributed by atoms with Gasteiger partial charge in [-0.05, 0) is 17.7 Å². The van der Waals surface area contributed by atoms with Gasteiger partial charge in [-0.25, -0.2) is 13.2 Å². The third kappa shape index (κ3) is 1.42. The van der Waals surface area contributed by atoms with E-state index in [1.165, 1.54) is 24.3 Å². The van der Waals surface area contributed by atoms with Gasteiger partial charge < -0.3 is 0 Å². The van der Waals surface area contributed by atoms with Crippen LogP contribution in [0.5, 0.6) is 0 Å². The lowest BCUT2D eigenvalue weighted by Gasteiger charge is -2.37. The van der Waals surface area contributed by atoms with E-state index in [1.54, 1.807) is 0 Å². The Hall–Kier alpha value is -1.03. The first-order valence-electron chi connectivity index (χ1n) is 3.96. The smallest absolute Gasteiger partial charge is 0.279 e. The van der Waals surface area contributed by atoms with E-state index in [1.807, 2.05) is 0 Å². The van der Waals surface area contributed by atoms with E-state index in [0.717, 1.165) is 0 Å². The van der Waals surface area contributed by atoms with Gasteiger partial charge in [0.05, 0.1) is 12.6 Å². The van der Waals surface area contributed by atoms with Crippen LogP contribution in [-0.4, -0.2) is 12.5 Å². The number of benzene rings is 1. The second-order valence-corrected chi connectivity index (χ2v) is 3.13. The van der Waals surface area contributed by atoms with Crippen LogP contribution in [0.2, 0.25) is 0 Å². The highest BCUT2D eigenvalue weighted by Gasteiger charge is 2.48. The first-order valence-corrected chi connectivity index (χ1v) is 3.96. The molecule has 70 valence electrons. The van der Waals surface area contributed by atoms with E-state index in [9.17, 15) is 13.2 Å². The van der Waals surface area contributed by atoms with Crippen LogP contribution in [0.3, 0.4) is 0 Å². The molecule has 1 saturated heterocycles. The highest BCUT2D eigenvalue weighted by Crippen LogP contribution is 2.37. The highest BCUT2D eigenvalue weighted by molar-refractivity contribution is 5.24. The highest BCUT2D eigenvalue weighted by atomic mass is 19.3. The third-order valence-electron chi connectivity index (χ3n) is 2.17. The SMILES string of the molecule is Fc1ccc(C2NCC2(F)F)cc1. The van der Waals surface area contributed by atoms with Crippen molar-refractivity contribution in [3.63, 3.8) is 0 Å². The molecular weight excluding hydrogens is 179 g/mol. The average molecular weight is 187 g/mol. The topological polar surface area (TPSA) is 12.0 Å². The van der Waals surface area contributed by atoms with Crippen molar-refractivity contribution in [2.75, 3.05) is 6.54 Å². The first-order chi connectivity index (χ1) is 6.09. The van der Waals surface area contributed by atoms with Crippen LogP contribution in [0.25, 0.3) is 0 Å². The fourth-order valence-electron chi connectivity index (χ4n) is 1.38. The van der Waals surface area contributed by atoms with Gasteiger partial charge in [-0.3, -0.25) is 5.32 Å². The van der Waals surface area contributed by atoms with Crippen LogP contribution >= 0.6 is 0 Å². The summed E-state index contributed by atoms with van der Waals surface area (Å²) in [5.74, 6) is -3.11. The zero-order chi connectivity index (χ0) is 9.47. The molecular formula is C9H8F3N. The Morgan fingerprint density at radius 1 is 1.23 bits per heavy atom. The molecule has 13 heavy (non-hydrogen) atoms. The Bertz CT molecular complexity index is 307. The van der Waals surface area contributed by atoms with E-state index in [0.29, 0.717) is 5.56 Å². The summed E-state index contributed by atoms with van der Waals surface area (Å²) in [6, 6.07) is 4.17. The van der Waals surface area contributed by atoms with Crippen molar-refractivity contribution in [2.24, 2.45) is 0 Å². The molecule has 0 spiro atoms. The van der Waals surface area contributed by atoms with Crippen LogP contribution in [-0.2, 0) is 0 Å². The van der Waals surface area contributed by atoms with Gasteiger partial charge >= 0.3 is 0 Å². The second kappa shape index (κ2) is 2.73. The average Bonchev–Trinajstić information content (AvgIpc) is 2.07. The molecule has 0 amide bonds. The number of rotatable bonds is 1.